The summed E-state index contributed by atoms with van der Waals surface area (Å²) >= 11 is 0. The van der Waals surface area contributed by atoms with E-state index >= 15 is 0 Å². The van der Waals surface area contributed by atoms with Crippen LogP contribution >= 0.6 is 0 Å². The predicted octanol–water partition coefficient (Wildman–Crippen LogP) is 6.88. The van der Waals surface area contributed by atoms with Gasteiger partial charge in [-0.05, 0) is 97.0 Å². The lowest BCUT2D eigenvalue weighted by Crippen LogP contribution is -2.53. The second-order valence-electron chi connectivity index (χ2n) is 16.8. The summed E-state index contributed by atoms with van der Waals surface area (Å²) in [5.74, 6) is 7.65. The number of amides is 4. The molecule has 0 spiro atoms. The lowest BCUT2D eigenvalue weighted by molar-refractivity contribution is -0.137. The molecule has 4 N–H and O–H groups in total. The molecule has 3 aliphatic heterocycles. The molecule has 3 fully saturated rings. The van der Waals surface area contributed by atoms with Crippen molar-refractivity contribution in [2.45, 2.75) is 76.5 Å². The fraction of sp³-hybridized carbons (Fsp3) is 0.417. The predicted molar refractivity (Wildman–Crippen MR) is 236 cm³/mol. The Kier molecular flexibility index (Phi) is 13.1. The van der Waals surface area contributed by atoms with Crippen LogP contribution in [0.1, 0.15) is 87.2 Å². The number of carbonyl (C=O) groups is 4. The topological polar surface area (TPSA) is 184 Å². The number of hydrogen-bond acceptors (Lipinski definition) is 9. The monoisotopic (exact) mass is 854 g/mol. The summed E-state index contributed by atoms with van der Waals surface area (Å²) in [5.41, 5.74) is 5.40. The quantitative estimate of drug-likeness (QED) is 0.109. The lowest BCUT2D eigenvalue weighted by Gasteiger charge is -2.34. The van der Waals surface area contributed by atoms with Crippen LogP contribution in [-0.2, 0) is 23.8 Å². The Balaban J connectivity index is 0.910. The number of carbonyl (C=O) groups excluding carboxylic acids is 4. The first-order chi connectivity index (χ1) is 30.6. The van der Waals surface area contributed by atoms with E-state index in [1.165, 1.54) is 14.2 Å². The first-order valence-electron chi connectivity index (χ1n) is 21.7. The SMILES string of the molecule is COC(=O)N[C@H](C(=O)N1CCCC1c1ncc(-c2ccc(C#Cc3ccc4cc(-c5cnc(C6CCCN6C(=O)[C@@H](NC(=O)OC)C6CCOCC6)[nH]5)ccc4c3)cc2)[nH]1)C(C)C. The van der Waals surface area contributed by atoms with Crippen LogP contribution in [0.15, 0.2) is 73.1 Å². The normalized spacial score (nSPS) is 18.7. The van der Waals surface area contributed by atoms with Gasteiger partial charge in [-0.15, -0.1) is 0 Å². The van der Waals surface area contributed by atoms with Gasteiger partial charge in [-0.3, -0.25) is 9.59 Å². The van der Waals surface area contributed by atoms with Crippen molar-refractivity contribution in [2.75, 3.05) is 40.5 Å². The van der Waals surface area contributed by atoms with E-state index in [0.717, 1.165) is 75.9 Å². The lowest BCUT2D eigenvalue weighted by atomic mass is 9.90. The Morgan fingerprint density at radius 1 is 0.698 bits per heavy atom. The van der Waals surface area contributed by atoms with E-state index in [2.05, 4.69) is 67.8 Å². The highest BCUT2D eigenvalue weighted by atomic mass is 16.5. The van der Waals surface area contributed by atoms with Crippen LogP contribution in [0, 0.1) is 23.7 Å². The number of aromatic amines is 2. The highest BCUT2D eigenvalue weighted by Crippen LogP contribution is 2.35. The summed E-state index contributed by atoms with van der Waals surface area (Å²) in [7, 11) is 2.60. The van der Waals surface area contributed by atoms with Crippen molar-refractivity contribution < 1.29 is 33.4 Å². The summed E-state index contributed by atoms with van der Waals surface area (Å²) in [6, 6.07) is 18.6. The first kappa shape index (κ1) is 43.0. The van der Waals surface area contributed by atoms with Gasteiger partial charge in [0.05, 0.1) is 50.1 Å². The number of nitrogens with one attached hydrogen (secondary N) is 4. The van der Waals surface area contributed by atoms with E-state index in [1.807, 2.05) is 55.3 Å². The zero-order valence-electron chi connectivity index (χ0n) is 36.1. The van der Waals surface area contributed by atoms with E-state index < -0.39 is 24.3 Å². The van der Waals surface area contributed by atoms with Crippen molar-refractivity contribution in [1.82, 2.24) is 40.4 Å². The van der Waals surface area contributed by atoms with Gasteiger partial charge in [0.25, 0.3) is 0 Å². The highest BCUT2D eigenvalue weighted by Gasteiger charge is 2.40. The molecule has 5 aromatic rings. The molecule has 8 rings (SSSR count). The van der Waals surface area contributed by atoms with Crippen molar-refractivity contribution in [2.24, 2.45) is 11.8 Å². The fourth-order valence-corrected chi connectivity index (χ4v) is 8.98. The van der Waals surface area contributed by atoms with Gasteiger partial charge in [-0.1, -0.05) is 56.0 Å². The molecule has 3 aromatic carbocycles. The molecule has 0 saturated carbocycles. The summed E-state index contributed by atoms with van der Waals surface area (Å²) in [4.78, 5) is 71.7. The minimum atomic E-state index is -0.691. The third-order valence-corrected chi connectivity index (χ3v) is 12.4. The summed E-state index contributed by atoms with van der Waals surface area (Å²) in [6.45, 7) is 6.09. The average Bonchev–Trinajstić information content (AvgIpc) is 4.16. The Hall–Kier alpha value is -6.66. The minimum absolute atomic E-state index is 0.0293. The standard InChI is InChI=1S/C48H54N8O7/c1-29(2)41(53-47(59)61-3)45(57)55-21-5-7-39(55)43-49-27-37(51-43)32-14-11-30(12-15-32)9-10-31-13-16-35-26-36(18-17-34(35)25-31)38-28-50-44(52-38)40-8-6-22-56(40)46(58)42(54-48(60)62-4)33-19-23-63-24-20-33/h11-18,25-29,33,39-42H,5-8,19-24H2,1-4H3,(H,49,51)(H,50,52)(H,53,59)(H,54,60)/t39?,40?,41-,42-/m0/s1. The Labute approximate surface area is 366 Å². The molecule has 5 heterocycles. The van der Waals surface area contributed by atoms with E-state index in [0.29, 0.717) is 45.0 Å². The zero-order chi connectivity index (χ0) is 44.0. The van der Waals surface area contributed by atoms with Crippen LogP contribution < -0.4 is 10.6 Å². The summed E-state index contributed by atoms with van der Waals surface area (Å²) in [5, 5.41) is 7.63. The van der Waals surface area contributed by atoms with Crippen LogP contribution in [0.2, 0.25) is 0 Å². The van der Waals surface area contributed by atoms with Crippen LogP contribution in [0.3, 0.4) is 0 Å². The smallest absolute Gasteiger partial charge is 0.407 e. The number of imidazole rings is 2. The van der Waals surface area contributed by atoms with Crippen molar-refractivity contribution in [1.29, 1.82) is 0 Å². The van der Waals surface area contributed by atoms with Gasteiger partial charge >= 0.3 is 12.2 Å². The summed E-state index contributed by atoms with van der Waals surface area (Å²) < 4.78 is 15.2. The second kappa shape index (κ2) is 19.2. The molecule has 4 atom stereocenters. The van der Waals surface area contributed by atoms with Gasteiger partial charge in [-0.25, -0.2) is 19.6 Å². The van der Waals surface area contributed by atoms with Gasteiger partial charge in [-0.2, -0.15) is 0 Å². The molecule has 328 valence electrons. The number of nitrogens with zero attached hydrogens (tertiary/aromatic N) is 4. The molecule has 2 aromatic heterocycles. The van der Waals surface area contributed by atoms with E-state index in [9.17, 15) is 19.2 Å². The maximum absolute atomic E-state index is 14.0. The maximum Gasteiger partial charge on any atom is 0.407 e. The molecule has 15 heteroatoms. The molecule has 3 aliphatic rings. The molecular weight excluding hydrogens is 801 g/mol. The van der Waals surface area contributed by atoms with Crippen molar-refractivity contribution in [3.8, 4) is 34.4 Å². The molecule has 0 bridgehead atoms. The van der Waals surface area contributed by atoms with Crippen LogP contribution in [0.5, 0.6) is 0 Å². The number of benzene rings is 3. The molecular formula is C48H54N8O7. The molecule has 2 unspecified atom stereocenters. The molecule has 15 nitrogen and oxygen atoms in total. The molecule has 3 saturated heterocycles. The summed E-state index contributed by atoms with van der Waals surface area (Å²) in [6.07, 6.45) is 6.99. The van der Waals surface area contributed by atoms with Gasteiger partial charge in [0.15, 0.2) is 0 Å². The number of rotatable bonds is 10. The minimum Gasteiger partial charge on any atom is -0.453 e. The largest absolute Gasteiger partial charge is 0.453 e. The number of H-pyrrole nitrogens is 2. The second-order valence-corrected chi connectivity index (χ2v) is 16.8. The highest BCUT2D eigenvalue weighted by molar-refractivity contribution is 5.89. The van der Waals surface area contributed by atoms with E-state index in [1.54, 1.807) is 11.1 Å². The van der Waals surface area contributed by atoms with Crippen LogP contribution in [0.25, 0.3) is 33.3 Å². The number of aromatic nitrogens is 4. The van der Waals surface area contributed by atoms with Crippen molar-refractivity contribution >= 4 is 34.8 Å². The van der Waals surface area contributed by atoms with Crippen molar-refractivity contribution in [3.63, 3.8) is 0 Å². The molecule has 0 aliphatic carbocycles. The Morgan fingerprint density at radius 2 is 1.24 bits per heavy atom. The number of hydrogen-bond donors (Lipinski definition) is 4. The fourth-order valence-electron chi connectivity index (χ4n) is 8.98. The van der Waals surface area contributed by atoms with Crippen molar-refractivity contribution in [3.05, 3.63) is 95.8 Å². The van der Waals surface area contributed by atoms with Gasteiger partial charge < -0.3 is 44.6 Å². The number of fused-ring (bicyclic) bond motifs is 1. The average molecular weight is 855 g/mol. The third-order valence-electron chi connectivity index (χ3n) is 12.4. The number of alkyl carbamates (subject to hydrolysis) is 2. The first-order valence-corrected chi connectivity index (χ1v) is 21.7. The molecule has 63 heavy (non-hydrogen) atoms. The Bertz CT molecular complexity index is 2510. The number of ether oxygens (including phenoxy) is 3. The zero-order valence-corrected chi connectivity index (χ0v) is 36.1. The van der Waals surface area contributed by atoms with Gasteiger partial charge in [0.1, 0.15) is 23.7 Å². The molecule has 4 amide bonds. The van der Waals surface area contributed by atoms with Crippen LogP contribution in [0.4, 0.5) is 9.59 Å². The van der Waals surface area contributed by atoms with Crippen LogP contribution in [-0.4, -0.2) is 106 Å². The Morgan fingerprint density at radius 3 is 1.87 bits per heavy atom. The third kappa shape index (κ3) is 9.56. The van der Waals surface area contributed by atoms with E-state index in [-0.39, 0.29) is 35.7 Å². The van der Waals surface area contributed by atoms with E-state index in [4.69, 9.17) is 19.2 Å². The van der Waals surface area contributed by atoms with Gasteiger partial charge in [0.2, 0.25) is 11.8 Å². The molecule has 0 radical (unpaired) electrons. The maximum atomic E-state index is 14.0. The number of methoxy groups -OCH3 is 2. The van der Waals surface area contributed by atoms with Gasteiger partial charge in [0, 0.05) is 43.0 Å². The number of likely N-dealkylation sites (tertiary alicyclic amines) is 2.